The molecule has 0 radical (unpaired) electrons. The number of nitrogens with zero attached hydrogens (tertiary/aromatic N) is 1. The molecule has 1 aromatic heterocycles. The number of hydrogen-bond donors (Lipinski definition) is 0. The summed E-state index contributed by atoms with van der Waals surface area (Å²) in [5.41, 5.74) is 0.577. The van der Waals surface area contributed by atoms with Crippen LogP contribution >= 0.6 is 0 Å². The van der Waals surface area contributed by atoms with Gasteiger partial charge in [-0.3, -0.25) is 9.78 Å². The highest BCUT2D eigenvalue weighted by molar-refractivity contribution is 5.81. The van der Waals surface area contributed by atoms with Gasteiger partial charge < -0.3 is 4.74 Å². The van der Waals surface area contributed by atoms with E-state index in [0.29, 0.717) is 12.8 Å². The molecule has 82 valence electrons. The van der Waals surface area contributed by atoms with Crippen molar-refractivity contribution in [2.75, 3.05) is 7.11 Å². The van der Waals surface area contributed by atoms with Gasteiger partial charge in [0.1, 0.15) is 5.78 Å². The molecular weight excluding hydrogens is 190 g/mol. The largest absolute Gasteiger partial charge is 0.378 e. The minimum Gasteiger partial charge on any atom is -0.378 e. The number of carbonyl (C=O) groups excluding carboxylic acids is 1. The predicted octanol–water partition coefficient (Wildman–Crippen LogP) is 2.01. The summed E-state index contributed by atoms with van der Waals surface area (Å²) in [5, 5.41) is 0. The summed E-state index contributed by atoms with van der Waals surface area (Å²) >= 11 is 0. The SMILES string of the molecule is COC(C)(C)CC(=O)Cc1cccnc1. The Morgan fingerprint density at radius 3 is 2.80 bits per heavy atom. The van der Waals surface area contributed by atoms with Crippen molar-refractivity contribution in [2.45, 2.75) is 32.3 Å². The van der Waals surface area contributed by atoms with Gasteiger partial charge in [0.2, 0.25) is 0 Å². The topological polar surface area (TPSA) is 39.2 Å². The Kier molecular flexibility index (Phi) is 3.97. The Balaban J connectivity index is 2.51. The zero-order valence-electron chi connectivity index (χ0n) is 9.49. The molecule has 0 unspecified atom stereocenters. The lowest BCUT2D eigenvalue weighted by Crippen LogP contribution is -2.27. The number of ketones is 1. The van der Waals surface area contributed by atoms with Crippen molar-refractivity contribution in [1.82, 2.24) is 4.98 Å². The van der Waals surface area contributed by atoms with Crippen LogP contribution in [0.25, 0.3) is 0 Å². The number of pyridine rings is 1. The Morgan fingerprint density at radius 2 is 2.27 bits per heavy atom. The third-order valence-electron chi connectivity index (χ3n) is 2.30. The van der Waals surface area contributed by atoms with E-state index in [4.69, 9.17) is 4.74 Å². The monoisotopic (exact) mass is 207 g/mol. The molecule has 0 N–H and O–H groups in total. The molecule has 0 aliphatic rings. The van der Waals surface area contributed by atoms with E-state index in [1.807, 2.05) is 26.0 Å². The normalized spacial score (nSPS) is 11.4. The zero-order valence-corrected chi connectivity index (χ0v) is 9.49. The summed E-state index contributed by atoms with van der Waals surface area (Å²) in [4.78, 5) is 15.7. The van der Waals surface area contributed by atoms with E-state index >= 15 is 0 Å². The first-order valence-corrected chi connectivity index (χ1v) is 4.99. The van der Waals surface area contributed by atoms with Crippen LogP contribution in [-0.4, -0.2) is 23.5 Å². The standard InChI is InChI=1S/C12H17NO2/c1-12(2,15-3)8-11(14)7-10-5-4-6-13-9-10/h4-6,9H,7-8H2,1-3H3. The summed E-state index contributed by atoms with van der Waals surface area (Å²) in [7, 11) is 1.62. The van der Waals surface area contributed by atoms with Crippen LogP contribution in [0, 0.1) is 0 Å². The number of methoxy groups -OCH3 is 1. The molecule has 15 heavy (non-hydrogen) atoms. The fourth-order valence-electron chi connectivity index (χ4n) is 1.34. The highest BCUT2D eigenvalue weighted by Crippen LogP contribution is 2.14. The van der Waals surface area contributed by atoms with Gasteiger partial charge >= 0.3 is 0 Å². The van der Waals surface area contributed by atoms with Crippen LogP contribution in [0.15, 0.2) is 24.5 Å². The van der Waals surface area contributed by atoms with Crippen LogP contribution in [0.5, 0.6) is 0 Å². The van der Waals surface area contributed by atoms with Gasteiger partial charge in [-0.1, -0.05) is 6.07 Å². The summed E-state index contributed by atoms with van der Waals surface area (Å²) in [6.07, 6.45) is 4.28. The van der Waals surface area contributed by atoms with Crippen molar-refractivity contribution in [3.8, 4) is 0 Å². The van der Waals surface area contributed by atoms with E-state index in [9.17, 15) is 4.79 Å². The molecule has 0 aromatic carbocycles. The molecule has 0 atom stereocenters. The molecule has 0 saturated heterocycles. The van der Waals surface area contributed by atoms with Gasteiger partial charge in [0.05, 0.1) is 5.60 Å². The number of ether oxygens (including phenoxy) is 1. The van der Waals surface area contributed by atoms with Crippen molar-refractivity contribution < 1.29 is 9.53 Å². The second-order valence-electron chi connectivity index (χ2n) is 4.22. The van der Waals surface area contributed by atoms with Crippen LogP contribution < -0.4 is 0 Å². The van der Waals surface area contributed by atoms with Gasteiger partial charge in [-0.05, 0) is 25.5 Å². The molecular formula is C12H17NO2. The molecule has 1 aromatic rings. The van der Waals surface area contributed by atoms with Crippen molar-refractivity contribution in [2.24, 2.45) is 0 Å². The molecule has 3 heteroatoms. The Morgan fingerprint density at radius 1 is 1.53 bits per heavy atom. The minimum absolute atomic E-state index is 0.176. The highest BCUT2D eigenvalue weighted by Gasteiger charge is 2.20. The second kappa shape index (κ2) is 5.03. The molecule has 0 saturated carbocycles. The lowest BCUT2D eigenvalue weighted by atomic mass is 9.98. The first-order chi connectivity index (χ1) is 7.03. The van der Waals surface area contributed by atoms with Crippen molar-refractivity contribution in [1.29, 1.82) is 0 Å². The summed E-state index contributed by atoms with van der Waals surface area (Å²) in [6, 6.07) is 3.74. The van der Waals surface area contributed by atoms with Crippen LogP contribution in [0.4, 0.5) is 0 Å². The average Bonchev–Trinajstić information content (AvgIpc) is 2.18. The van der Waals surface area contributed by atoms with Crippen LogP contribution in [0.2, 0.25) is 0 Å². The van der Waals surface area contributed by atoms with Crippen LogP contribution in [0.1, 0.15) is 25.8 Å². The maximum Gasteiger partial charge on any atom is 0.140 e. The summed E-state index contributed by atoms with van der Waals surface area (Å²) in [6.45, 7) is 3.82. The van der Waals surface area contributed by atoms with Gasteiger partial charge in [-0.2, -0.15) is 0 Å². The Labute approximate surface area is 90.5 Å². The summed E-state index contributed by atoms with van der Waals surface area (Å²) < 4.78 is 5.21. The van der Waals surface area contributed by atoms with Gasteiger partial charge in [-0.15, -0.1) is 0 Å². The molecule has 0 aliphatic heterocycles. The first-order valence-electron chi connectivity index (χ1n) is 4.99. The molecule has 0 aliphatic carbocycles. The fourth-order valence-corrected chi connectivity index (χ4v) is 1.34. The number of hydrogen-bond acceptors (Lipinski definition) is 3. The highest BCUT2D eigenvalue weighted by atomic mass is 16.5. The van der Waals surface area contributed by atoms with Crippen LogP contribution in [-0.2, 0) is 16.0 Å². The quantitative estimate of drug-likeness (QED) is 0.741. The molecule has 0 fully saturated rings. The van der Waals surface area contributed by atoms with E-state index in [1.165, 1.54) is 0 Å². The van der Waals surface area contributed by atoms with E-state index in [0.717, 1.165) is 5.56 Å². The number of rotatable bonds is 5. The smallest absolute Gasteiger partial charge is 0.140 e. The van der Waals surface area contributed by atoms with Gasteiger partial charge in [0, 0.05) is 32.3 Å². The molecule has 1 heterocycles. The Bertz CT molecular complexity index is 320. The lowest BCUT2D eigenvalue weighted by Gasteiger charge is -2.21. The minimum atomic E-state index is -0.376. The molecule has 3 nitrogen and oxygen atoms in total. The van der Waals surface area contributed by atoms with Crippen LogP contribution in [0.3, 0.4) is 0 Å². The molecule has 0 amide bonds. The third kappa shape index (κ3) is 4.21. The van der Waals surface area contributed by atoms with Crippen molar-refractivity contribution in [3.05, 3.63) is 30.1 Å². The predicted molar refractivity (Wildman–Crippen MR) is 58.7 cm³/mol. The average molecular weight is 207 g/mol. The van der Waals surface area contributed by atoms with E-state index in [-0.39, 0.29) is 11.4 Å². The lowest BCUT2D eigenvalue weighted by molar-refractivity contribution is -0.123. The van der Waals surface area contributed by atoms with E-state index in [2.05, 4.69) is 4.98 Å². The van der Waals surface area contributed by atoms with E-state index in [1.54, 1.807) is 19.5 Å². The second-order valence-corrected chi connectivity index (χ2v) is 4.22. The van der Waals surface area contributed by atoms with Crippen molar-refractivity contribution >= 4 is 5.78 Å². The number of Topliss-reactive ketones (excluding diaryl/α,β-unsaturated/α-hetero) is 1. The number of aromatic nitrogens is 1. The van der Waals surface area contributed by atoms with E-state index < -0.39 is 0 Å². The third-order valence-corrected chi connectivity index (χ3v) is 2.30. The maximum absolute atomic E-state index is 11.7. The zero-order chi connectivity index (χ0) is 11.3. The van der Waals surface area contributed by atoms with Gasteiger partial charge in [-0.25, -0.2) is 0 Å². The molecule has 0 spiro atoms. The Hall–Kier alpha value is -1.22. The number of carbonyl (C=O) groups is 1. The maximum atomic E-state index is 11.7. The van der Waals surface area contributed by atoms with Gasteiger partial charge in [0.15, 0.2) is 0 Å². The molecule has 0 bridgehead atoms. The first kappa shape index (κ1) is 11.9. The van der Waals surface area contributed by atoms with Gasteiger partial charge in [0.25, 0.3) is 0 Å². The molecule has 1 rings (SSSR count). The fraction of sp³-hybridized carbons (Fsp3) is 0.500. The summed E-state index contributed by atoms with van der Waals surface area (Å²) in [5.74, 6) is 0.176. The van der Waals surface area contributed by atoms with Crippen molar-refractivity contribution in [3.63, 3.8) is 0 Å².